The van der Waals surface area contributed by atoms with Crippen LogP contribution in [0.2, 0.25) is 10.0 Å². The van der Waals surface area contributed by atoms with Gasteiger partial charge in [-0.05, 0) is 35.9 Å². The van der Waals surface area contributed by atoms with Gasteiger partial charge in [0, 0.05) is 35.3 Å². The minimum atomic E-state index is 0.00202. The number of nitrogens with one attached hydrogen (secondary N) is 1. The Morgan fingerprint density at radius 2 is 1.60 bits per heavy atom. The topological polar surface area (TPSA) is 104 Å². The van der Waals surface area contributed by atoms with Gasteiger partial charge in [0.1, 0.15) is 5.52 Å². The Hall–Kier alpha value is -3.50. The van der Waals surface area contributed by atoms with Gasteiger partial charge in [0.2, 0.25) is 11.8 Å². The van der Waals surface area contributed by atoms with Crippen LogP contribution in [-0.4, -0.2) is 51.5 Å². The molecule has 2 aromatic heterocycles. The number of fused-ring (bicyclic) bond motifs is 2. The summed E-state index contributed by atoms with van der Waals surface area (Å²) in [5.41, 5.74) is 6.95. The SMILES string of the molecule is OCCNCc1ccc2oc(-c3cccc(-c4cccc(-c5ccc6c(n5)ON(CCO)C6)c4Cl)c3Cl)nc2c1. The number of aliphatic hydroxyl groups is 2. The van der Waals surface area contributed by atoms with Crippen LogP contribution < -0.4 is 10.2 Å². The van der Waals surface area contributed by atoms with Crippen molar-refractivity contribution in [3.8, 4) is 39.7 Å². The third-order valence-corrected chi connectivity index (χ3v) is 7.53. The van der Waals surface area contributed by atoms with Gasteiger partial charge in [-0.15, -0.1) is 5.06 Å². The van der Waals surface area contributed by atoms with Crippen LogP contribution in [0.5, 0.6) is 5.88 Å². The molecule has 1 aliphatic rings. The van der Waals surface area contributed by atoms with Gasteiger partial charge in [0.15, 0.2) is 5.58 Å². The normalized spacial score (nSPS) is 13.1. The number of aromatic nitrogens is 2. The number of hydrogen-bond acceptors (Lipinski definition) is 8. The maximum atomic E-state index is 9.22. The summed E-state index contributed by atoms with van der Waals surface area (Å²) in [5.74, 6) is 0.926. The van der Waals surface area contributed by atoms with Gasteiger partial charge < -0.3 is 24.8 Å². The third kappa shape index (κ3) is 5.17. The summed E-state index contributed by atoms with van der Waals surface area (Å²) in [6.45, 7) is 2.20. The molecule has 204 valence electrons. The summed E-state index contributed by atoms with van der Waals surface area (Å²) < 4.78 is 6.07. The molecule has 0 saturated heterocycles. The highest BCUT2D eigenvalue weighted by Crippen LogP contribution is 2.43. The molecule has 3 heterocycles. The van der Waals surface area contributed by atoms with Crippen LogP contribution in [0.4, 0.5) is 0 Å². The second-order valence-electron chi connectivity index (χ2n) is 9.39. The molecule has 0 radical (unpaired) electrons. The second-order valence-corrected chi connectivity index (χ2v) is 10.2. The number of hydrogen-bond donors (Lipinski definition) is 3. The van der Waals surface area contributed by atoms with E-state index in [-0.39, 0.29) is 13.2 Å². The van der Waals surface area contributed by atoms with Gasteiger partial charge in [-0.1, -0.05) is 59.6 Å². The van der Waals surface area contributed by atoms with Crippen molar-refractivity contribution in [1.82, 2.24) is 20.3 Å². The van der Waals surface area contributed by atoms with Crippen LogP contribution in [0.1, 0.15) is 11.1 Å². The average molecular weight is 577 g/mol. The lowest BCUT2D eigenvalue weighted by molar-refractivity contribution is -0.0556. The Morgan fingerprint density at radius 3 is 2.38 bits per heavy atom. The highest BCUT2D eigenvalue weighted by molar-refractivity contribution is 6.39. The summed E-state index contributed by atoms with van der Waals surface area (Å²) >= 11 is 13.9. The number of pyridine rings is 1. The summed E-state index contributed by atoms with van der Waals surface area (Å²) in [7, 11) is 0. The molecule has 40 heavy (non-hydrogen) atoms. The minimum Gasteiger partial charge on any atom is -0.436 e. The summed E-state index contributed by atoms with van der Waals surface area (Å²) in [6, 6.07) is 21.1. The van der Waals surface area contributed by atoms with Crippen LogP contribution >= 0.6 is 23.2 Å². The van der Waals surface area contributed by atoms with Crippen molar-refractivity contribution in [2.75, 3.05) is 26.3 Å². The molecule has 0 bridgehead atoms. The summed E-state index contributed by atoms with van der Waals surface area (Å²) in [5, 5.41) is 24.0. The second kappa shape index (κ2) is 11.5. The lowest BCUT2D eigenvalue weighted by Crippen LogP contribution is -2.24. The van der Waals surface area contributed by atoms with E-state index in [9.17, 15) is 5.11 Å². The van der Waals surface area contributed by atoms with Gasteiger partial charge in [0.05, 0.1) is 47.6 Å². The van der Waals surface area contributed by atoms with Crippen molar-refractivity contribution in [3.63, 3.8) is 0 Å². The van der Waals surface area contributed by atoms with Gasteiger partial charge >= 0.3 is 0 Å². The van der Waals surface area contributed by atoms with Crippen molar-refractivity contribution in [1.29, 1.82) is 0 Å². The molecule has 0 atom stereocenters. The van der Waals surface area contributed by atoms with E-state index in [1.54, 1.807) is 5.06 Å². The highest BCUT2D eigenvalue weighted by Gasteiger charge is 2.24. The van der Waals surface area contributed by atoms with E-state index < -0.39 is 0 Å². The Labute approximate surface area is 240 Å². The van der Waals surface area contributed by atoms with Gasteiger partial charge in [-0.2, -0.15) is 0 Å². The maximum Gasteiger partial charge on any atom is 0.243 e. The quantitative estimate of drug-likeness (QED) is 0.191. The monoisotopic (exact) mass is 576 g/mol. The van der Waals surface area contributed by atoms with E-state index in [1.165, 1.54) is 0 Å². The standard InChI is InChI=1S/C30H26Cl2N4O4/c31-27-20(3-1-5-22(27)24-9-8-19-17-36(12-14-38)40-29(19)34-24)21-4-2-6-23(28(21)32)30-35-25-15-18(16-33-11-13-37)7-10-26(25)39-30/h1-10,15,33,37-38H,11-14,16-17H2. The number of oxazole rings is 1. The first-order valence-electron chi connectivity index (χ1n) is 12.9. The van der Waals surface area contributed by atoms with Gasteiger partial charge in [-0.25, -0.2) is 9.97 Å². The molecule has 0 aliphatic carbocycles. The van der Waals surface area contributed by atoms with E-state index >= 15 is 0 Å². The molecule has 3 aromatic carbocycles. The number of rotatable bonds is 9. The fraction of sp³-hybridized carbons (Fsp3) is 0.200. The van der Waals surface area contributed by atoms with Crippen LogP contribution in [0.25, 0.3) is 44.9 Å². The lowest BCUT2D eigenvalue weighted by atomic mass is 9.99. The third-order valence-electron chi connectivity index (χ3n) is 6.71. The first-order chi connectivity index (χ1) is 19.6. The fourth-order valence-corrected chi connectivity index (χ4v) is 5.39. The van der Waals surface area contributed by atoms with E-state index in [0.29, 0.717) is 64.8 Å². The number of benzene rings is 3. The Kier molecular flexibility index (Phi) is 7.71. The molecule has 0 unspecified atom stereocenters. The molecule has 3 N–H and O–H groups in total. The van der Waals surface area contributed by atoms with Crippen molar-refractivity contribution >= 4 is 34.3 Å². The molecular formula is C30H26Cl2N4O4. The van der Waals surface area contributed by atoms with Crippen LogP contribution in [0.15, 0.2) is 71.1 Å². The molecule has 8 nitrogen and oxygen atoms in total. The number of hydroxylamine groups is 2. The first-order valence-corrected chi connectivity index (χ1v) is 13.6. The van der Waals surface area contributed by atoms with Gasteiger partial charge in [0.25, 0.3) is 0 Å². The zero-order chi connectivity index (χ0) is 27.6. The largest absolute Gasteiger partial charge is 0.436 e. The zero-order valence-corrected chi connectivity index (χ0v) is 22.9. The molecule has 1 aliphatic heterocycles. The fourth-order valence-electron chi connectivity index (χ4n) is 4.75. The Balaban J connectivity index is 1.33. The number of halogens is 2. The van der Waals surface area contributed by atoms with E-state index in [1.807, 2.05) is 66.7 Å². The first kappa shape index (κ1) is 26.7. The van der Waals surface area contributed by atoms with Crippen LogP contribution in [0, 0.1) is 0 Å². The lowest BCUT2D eigenvalue weighted by Gasteiger charge is -2.13. The van der Waals surface area contributed by atoms with Crippen molar-refractivity contribution in [2.45, 2.75) is 13.1 Å². The Morgan fingerprint density at radius 1 is 0.850 bits per heavy atom. The van der Waals surface area contributed by atoms with E-state index in [4.69, 9.17) is 42.5 Å². The molecule has 0 spiro atoms. The molecule has 0 saturated carbocycles. The number of nitrogens with zero attached hydrogens (tertiary/aromatic N) is 3. The zero-order valence-electron chi connectivity index (χ0n) is 21.4. The number of β-amino-alcohol motifs (C(OH)–C–C–N with tert-alkyl or cyclic N) is 1. The van der Waals surface area contributed by atoms with Crippen molar-refractivity contribution in [2.24, 2.45) is 0 Å². The molecule has 6 rings (SSSR count). The summed E-state index contributed by atoms with van der Waals surface area (Å²) in [4.78, 5) is 15.2. The molecule has 0 fully saturated rings. The van der Waals surface area contributed by atoms with Crippen molar-refractivity contribution < 1.29 is 19.5 Å². The minimum absolute atomic E-state index is 0.00202. The number of aliphatic hydroxyl groups excluding tert-OH is 2. The molecular weight excluding hydrogens is 551 g/mol. The highest BCUT2D eigenvalue weighted by atomic mass is 35.5. The van der Waals surface area contributed by atoms with Gasteiger partial charge in [-0.3, -0.25) is 0 Å². The van der Waals surface area contributed by atoms with Crippen molar-refractivity contribution in [3.05, 3.63) is 87.9 Å². The Bertz CT molecular complexity index is 1690. The average Bonchev–Trinajstić information content (AvgIpc) is 3.57. The molecule has 5 aromatic rings. The predicted molar refractivity (Wildman–Crippen MR) is 155 cm³/mol. The van der Waals surface area contributed by atoms with E-state index in [2.05, 4.69) is 10.3 Å². The van der Waals surface area contributed by atoms with E-state index in [0.717, 1.165) is 33.3 Å². The smallest absolute Gasteiger partial charge is 0.243 e. The molecule has 10 heteroatoms. The molecule has 0 amide bonds. The maximum absolute atomic E-state index is 9.22. The van der Waals surface area contributed by atoms with Crippen LogP contribution in [-0.2, 0) is 13.1 Å². The predicted octanol–water partition coefficient (Wildman–Crippen LogP) is 5.71. The van der Waals surface area contributed by atoms with Crippen LogP contribution in [0.3, 0.4) is 0 Å². The summed E-state index contributed by atoms with van der Waals surface area (Å²) in [6.07, 6.45) is 0.